The van der Waals surface area contributed by atoms with Gasteiger partial charge in [-0.3, -0.25) is 14.4 Å². The van der Waals surface area contributed by atoms with E-state index in [9.17, 15) is 19.5 Å². The molecule has 1 saturated carbocycles. The molecule has 0 bridgehead atoms. The Bertz CT molecular complexity index is 689. The standard InChI is InChI=1S/C28H46N2O5/c1-3-5-6-10-16-27(33)35-21-24(18-22-13-8-7-9-14-22)29-28(34)23(12-4-2)19-26(32)30-17-11-15-25(30)20-31/h3-4,22-25,31H,1-2,5-21H2,(H,29,34)/t23-,24+,25+/m1/s1. The van der Waals surface area contributed by atoms with Gasteiger partial charge in [0.25, 0.3) is 0 Å². The van der Waals surface area contributed by atoms with Gasteiger partial charge in [0.15, 0.2) is 0 Å². The highest BCUT2D eigenvalue weighted by Crippen LogP contribution is 2.28. The van der Waals surface area contributed by atoms with Gasteiger partial charge in [0.2, 0.25) is 11.8 Å². The number of carbonyl (C=O) groups excluding carboxylic acids is 3. The Balaban J connectivity index is 1.95. The van der Waals surface area contributed by atoms with Crippen LogP contribution in [0.25, 0.3) is 0 Å². The van der Waals surface area contributed by atoms with E-state index in [2.05, 4.69) is 18.5 Å². The van der Waals surface area contributed by atoms with Gasteiger partial charge in [-0.1, -0.05) is 44.3 Å². The van der Waals surface area contributed by atoms with Crippen molar-refractivity contribution in [3.8, 4) is 0 Å². The lowest BCUT2D eigenvalue weighted by molar-refractivity contribution is -0.145. The molecule has 0 spiro atoms. The molecule has 198 valence electrons. The van der Waals surface area contributed by atoms with Crippen molar-refractivity contribution >= 4 is 17.8 Å². The van der Waals surface area contributed by atoms with Crippen molar-refractivity contribution in [2.24, 2.45) is 11.8 Å². The molecule has 7 nitrogen and oxygen atoms in total. The molecule has 1 heterocycles. The Morgan fingerprint density at radius 1 is 1.06 bits per heavy atom. The maximum absolute atomic E-state index is 13.2. The second kappa shape index (κ2) is 16.5. The van der Waals surface area contributed by atoms with E-state index < -0.39 is 5.92 Å². The average Bonchev–Trinajstić information content (AvgIpc) is 3.34. The summed E-state index contributed by atoms with van der Waals surface area (Å²) >= 11 is 0. The minimum Gasteiger partial charge on any atom is -0.463 e. The summed E-state index contributed by atoms with van der Waals surface area (Å²) in [7, 11) is 0. The summed E-state index contributed by atoms with van der Waals surface area (Å²) in [5.41, 5.74) is 0. The molecule has 0 aromatic carbocycles. The molecule has 2 amide bonds. The molecule has 7 heteroatoms. The number of likely N-dealkylation sites (tertiary alicyclic amines) is 1. The maximum Gasteiger partial charge on any atom is 0.305 e. The molecule has 0 unspecified atom stereocenters. The highest BCUT2D eigenvalue weighted by Gasteiger charge is 2.32. The van der Waals surface area contributed by atoms with Crippen LogP contribution >= 0.6 is 0 Å². The highest BCUT2D eigenvalue weighted by molar-refractivity contribution is 5.86. The SMILES string of the molecule is C=CCCCCC(=O)OC[C@H](CC1CCCCC1)NC(=O)[C@H](CC=C)CC(=O)N1CCC[C@H]1CO. The lowest BCUT2D eigenvalue weighted by Crippen LogP contribution is -2.45. The first-order valence-corrected chi connectivity index (χ1v) is 13.6. The number of aliphatic hydroxyl groups is 1. The van der Waals surface area contributed by atoms with Crippen molar-refractivity contribution < 1.29 is 24.2 Å². The molecule has 2 rings (SSSR count). The zero-order valence-electron chi connectivity index (χ0n) is 21.4. The predicted molar refractivity (Wildman–Crippen MR) is 137 cm³/mol. The third-order valence-electron chi connectivity index (χ3n) is 7.32. The fourth-order valence-electron chi connectivity index (χ4n) is 5.30. The number of carbonyl (C=O) groups is 3. The number of rotatable bonds is 16. The Hall–Kier alpha value is -2.15. The number of ether oxygens (including phenoxy) is 1. The fraction of sp³-hybridized carbons (Fsp3) is 0.750. The monoisotopic (exact) mass is 490 g/mol. The fourth-order valence-corrected chi connectivity index (χ4v) is 5.30. The maximum atomic E-state index is 13.2. The normalized spacial score (nSPS) is 20.1. The molecule has 0 radical (unpaired) electrons. The van der Waals surface area contributed by atoms with Crippen molar-refractivity contribution in [2.45, 2.75) is 102 Å². The molecule has 1 saturated heterocycles. The molecule has 1 aliphatic carbocycles. The topological polar surface area (TPSA) is 95.9 Å². The zero-order valence-corrected chi connectivity index (χ0v) is 21.4. The quantitative estimate of drug-likeness (QED) is 0.191. The van der Waals surface area contributed by atoms with Gasteiger partial charge in [0.05, 0.1) is 24.6 Å². The van der Waals surface area contributed by atoms with Crippen molar-refractivity contribution in [1.82, 2.24) is 10.2 Å². The van der Waals surface area contributed by atoms with Crippen LogP contribution in [0.2, 0.25) is 0 Å². The molecular weight excluding hydrogens is 444 g/mol. The van der Waals surface area contributed by atoms with E-state index in [4.69, 9.17) is 4.74 Å². The van der Waals surface area contributed by atoms with Gasteiger partial charge in [-0.25, -0.2) is 0 Å². The van der Waals surface area contributed by atoms with Crippen molar-refractivity contribution in [3.63, 3.8) is 0 Å². The van der Waals surface area contributed by atoms with Gasteiger partial charge >= 0.3 is 5.97 Å². The number of amides is 2. The minimum atomic E-state index is -0.525. The number of esters is 1. The van der Waals surface area contributed by atoms with Crippen molar-refractivity contribution in [1.29, 1.82) is 0 Å². The number of allylic oxidation sites excluding steroid dienone is 2. The number of hydrogen-bond donors (Lipinski definition) is 2. The van der Waals surface area contributed by atoms with Crippen LogP contribution in [0.5, 0.6) is 0 Å². The lowest BCUT2D eigenvalue weighted by Gasteiger charge is -2.29. The number of nitrogens with one attached hydrogen (secondary N) is 1. The molecule has 35 heavy (non-hydrogen) atoms. The van der Waals surface area contributed by atoms with Crippen molar-refractivity contribution in [2.75, 3.05) is 19.8 Å². The van der Waals surface area contributed by atoms with Crippen LogP contribution < -0.4 is 5.32 Å². The van der Waals surface area contributed by atoms with E-state index >= 15 is 0 Å². The molecule has 3 atom stereocenters. The lowest BCUT2D eigenvalue weighted by atomic mass is 9.84. The highest BCUT2D eigenvalue weighted by atomic mass is 16.5. The molecular formula is C28H46N2O5. The van der Waals surface area contributed by atoms with Gasteiger partial charge in [0, 0.05) is 19.4 Å². The zero-order chi connectivity index (χ0) is 25.5. The van der Waals surface area contributed by atoms with Crippen LogP contribution in [0.15, 0.2) is 25.3 Å². The number of nitrogens with zero attached hydrogens (tertiary/aromatic N) is 1. The van der Waals surface area contributed by atoms with E-state index in [1.807, 2.05) is 6.08 Å². The van der Waals surface area contributed by atoms with Gasteiger partial charge < -0.3 is 20.1 Å². The number of hydrogen-bond acceptors (Lipinski definition) is 5. The minimum absolute atomic E-state index is 0.0491. The van der Waals surface area contributed by atoms with E-state index in [1.165, 1.54) is 19.3 Å². The second-order valence-corrected chi connectivity index (χ2v) is 10.2. The molecule has 2 fully saturated rings. The second-order valence-electron chi connectivity index (χ2n) is 10.2. The van der Waals surface area contributed by atoms with Crippen LogP contribution in [0, 0.1) is 11.8 Å². The van der Waals surface area contributed by atoms with E-state index in [0.717, 1.165) is 51.4 Å². The van der Waals surface area contributed by atoms with Crippen LogP contribution in [0.1, 0.15) is 89.9 Å². The summed E-state index contributed by atoms with van der Waals surface area (Å²) in [6.45, 7) is 8.21. The van der Waals surface area contributed by atoms with Crippen LogP contribution in [0.4, 0.5) is 0 Å². The Morgan fingerprint density at radius 3 is 2.51 bits per heavy atom. The summed E-state index contributed by atoms with van der Waals surface area (Å²) in [5.74, 6) is -0.545. The summed E-state index contributed by atoms with van der Waals surface area (Å²) in [6, 6.07) is -0.415. The molecule has 1 aliphatic heterocycles. The average molecular weight is 491 g/mol. The van der Waals surface area contributed by atoms with Gasteiger partial charge in [-0.05, 0) is 50.9 Å². The van der Waals surface area contributed by atoms with E-state index in [0.29, 0.717) is 25.3 Å². The van der Waals surface area contributed by atoms with Crippen LogP contribution in [-0.4, -0.2) is 59.6 Å². The van der Waals surface area contributed by atoms with Crippen LogP contribution in [0.3, 0.4) is 0 Å². The third kappa shape index (κ3) is 10.6. The summed E-state index contributed by atoms with van der Waals surface area (Å²) < 4.78 is 5.55. The van der Waals surface area contributed by atoms with Gasteiger partial charge in [0.1, 0.15) is 6.61 Å². The molecule has 2 aliphatic rings. The smallest absolute Gasteiger partial charge is 0.305 e. The predicted octanol–water partition coefficient (Wildman–Crippen LogP) is 4.30. The largest absolute Gasteiger partial charge is 0.463 e. The molecule has 0 aromatic rings. The summed E-state index contributed by atoms with van der Waals surface area (Å²) in [4.78, 5) is 40.1. The molecule has 0 aromatic heterocycles. The Kier molecular flexibility index (Phi) is 13.7. The summed E-state index contributed by atoms with van der Waals surface area (Å²) in [5, 5.41) is 12.7. The number of unbranched alkanes of at least 4 members (excludes halogenated alkanes) is 2. The van der Waals surface area contributed by atoms with E-state index in [1.54, 1.807) is 11.0 Å². The number of aliphatic hydroxyl groups excluding tert-OH is 1. The summed E-state index contributed by atoms with van der Waals surface area (Å²) in [6.07, 6.45) is 15.3. The van der Waals surface area contributed by atoms with Gasteiger partial charge in [-0.2, -0.15) is 0 Å². The first-order valence-electron chi connectivity index (χ1n) is 13.6. The van der Waals surface area contributed by atoms with Crippen LogP contribution in [-0.2, 0) is 19.1 Å². The Morgan fingerprint density at radius 2 is 1.83 bits per heavy atom. The van der Waals surface area contributed by atoms with E-state index in [-0.39, 0.29) is 49.5 Å². The van der Waals surface area contributed by atoms with Gasteiger partial charge in [-0.15, -0.1) is 13.2 Å². The third-order valence-corrected chi connectivity index (χ3v) is 7.32. The first-order chi connectivity index (χ1) is 17.0. The first kappa shape index (κ1) is 29.1. The van der Waals surface area contributed by atoms with Crippen molar-refractivity contribution in [3.05, 3.63) is 25.3 Å². The molecule has 2 N–H and O–H groups in total. The Labute approximate surface area is 211 Å².